The van der Waals surface area contributed by atoms with Gasteiger partial charge in [-0.15, -0.1) is 0 Å². The summed E-state index contributed by atoms with van der Waals surface area (Å²) in [5.41, 5.74) is 2.90. The molecular weight excluding hydrogens is 350 g/mol. The van der Waals surface area contributed by atoms with Gasteiger partial charge in [-0.3, -0.25) is 4.79 Å². The Hall–Kier alpha value is -2.63. The van der Waals surface area contributed by atoms with Crippen LogP contribution in [0.5, 0.6) is 0 Å². The van der Waals surface area contributed by atoms with Crippen molar-refractivity contribution in [2.75, 3.05) is 24.3 Å². The molecule has 0 radical (unpaired) electrons. The average molecular weight is 382 g/mol. The lowest BCUT2D eigenvalue weighted by molar-refractivity contribution is 0.0926. The van der Waals surface area contributed by atoms with Gasteiger partial charge in [0.05, 0.1) is 0 Å². The Morgan fingerprint density at radius 3 is 2.50 bits per heavy atom. The second-order valence-electron chi connectivity index (χ2n) is 7.81. The van der Waals surface area contributed by atoms with E-state index in [-0.39, 0.29) is 11.9 Å². The predicted octanol–water partition coefficient (Wildman–Crippen LogP) is 3.57. The first-order chi connectivity index (χ1) is 13.4. The van der Waals surface area contributed by atoms with Gasteiger partial charge < -0.3 is 15.5 Å². The number of aromatic nitrogens is 2. The number of hydrogen-bond acceptors (Lipinski definition) is 5. The van der Waals surface area contributed by atoms with Crippen molar-refractivity contribution in [1.29, 1.82) is 0 Å². The van der Waals surface area contributed by atoms with Crippen LogP contribution in [0.3, 0.4) is 0 Å². The molecule has 28 heavy (non-hydrogen) atoms. The molecule has 6 nitrogen and oxygen atoms in total. The Morgan fingerprint density at radius 2 is 1.82 bits per heavy atom. The quantitative estimate of drug-likeness (QED) is 0.801. The minimum atomic E-state index is 0.0359. The number of carbonyl (C=O) groups is 1. The van der Waals surface area contributed by atoms with Gasteiger partial charge in [-0.1, -0.05) is 19.1 Å². The van der Waals surface area contributed by atoms with Gasteiger partial charge in [-0.25, -0.2) is 4.98 Å². The average Bonchev–Trinajstić information content (AvgIpc) is 2.69. The van der Waals surface area contributed by atoms with Gasteiger partial charge in [0.1, 0.15) is 5.82 Å². The van der Waals surface area contributed by atoms with E-state index in [1.807, 2.05) is 50.2 Å². The van der Waals surface area contributed by atoms with Crippen LogP contribution in [0.4, 0.5) is 11.8 Å². The second-order valence-corrected chi connectivity index (χ2v) is 7.81. The third-order valence-electron chi connectivity index (χ3n) is 5.25. The Bertz CT molecular complexity index is 812. The molecule has 1 aromatic carbocycles. The van der Waals surface area contributed by atoms with Crippen LogP contribution < -0.4 is 15.5 Å². The van der Waals surface area contributed by atoms with E-state index in [9.17, 15) is 4.79 Å². The zero-order chi connectivity index (χ0) is 20.1. The molecule has 0 atom stereocenters. The number of aryl methyl sites for hydroxylation is 2. The maximum absolute atomic E-state index is 12.5. The van der Waals surface area contributed by atoms with Crippen LogP contribution in [0.2, 0.25) is 0 Å². The molecule has 0 saturated heterocycles. The minimum absolute atomic E-state index is 0.0359. The lowest BCUT2D eigenvalue weighted by Crippen LogP contribution is -2.40. The van der Waals surface area contributed by atoms with Crippen molar-refractivity contribution in [2.24, 2.45) is 0 Å². The van der Waals surface area contributed by atoms with Crippen molar-refractivity contribution in [3.8, 4) is 0 Å². The maximum atomic E-state index is 12.5. The van der Waals surface area contributed by atoms with E-state index >= 15 is 0 Å². The van der Waals surface area contributed by atoms with Gasteiger partial charge >= 0.3 is 0 Å². The van der Waals surface area contributed by atoms with Gasteiger partial charge in [-0.2, -0.15) is 4.98 Å². The summed E-state index contributed by atoms with van der Waals surface area (Å²) < 4.78 is 0. The normalized spacial score (nSPS) is 19.1. The molecule has 3 rings (SSSR count). The van der Waals surface area contributed by atoms with Crippen LogP contribution in [0, 0.1) is 6.92 Å². The second kappa shape index (κ2) is 9.04. The number of amides is 1. The highest BCUT2D eigenvalue weighted by molar-refractivity contribution is 5.94. The fraction of sp³-hybridized carbons (Fsp3) is 0.500. The van der Waals surface area contributed by atoms with Crippen LogP contribution in [0.1, 0.15) is 54.2 Å². The van der Waals surface area contributed by atoms with E-state index in [0.717, 1.165) is 55.1 Å². The van der Waals surface area contributed by atoms with Crippen molar-refractivity contribution >= 4 is 17.7 Å². The third kappa shape index (κ3) is 5.21. The number of anilines is 2. The molecule has 1 amide bonds. The summed E-state index contributed by atoms with van der Waals surface area (Å²) in [6, 6.07) is 10.5. The maximum Gasteiger partial charge on any atom is 0.251 e. The summed E-state index contributed by atoms with van der Waals surface area (Å²) in [5, 5.41) is 6.75. The first-order valence-electron chi connectivity index (χ1n) is 10.1. The monoisotopic (exact) mass is 381 g/mol. The van der Waals surface area contributed by atoms with Gasteiger partial charge in [0.25, 0.3) is 5.91 Å². The Balaban J connectivity index is 1.52. The lowest BCUT2D eigenvalue weighted by atomic mass is 9.91. The van der Waals surface area contributed by atoms with Crippen molar-refractivity contribution in [1.82, 2.24) is 15.3 Å². The van der Waals surface area contributed by atoms with Crippen molar-refractivity contribution < 1.29 is 4.79 Å². The fourth-order valence-corrected chi connectivity index (χ4v) is 3.62. The van der Waals surface area contributed by atoms with Crippen molar-refractivity contribution in [3.63, 3.8) is 0 Å². The molecule has 1 fully saturated rings. The standard InChI is InChI=1S/C22H31N5O/c1-5-16-7-6-8-17(14-16)21(28)25-19-11-9-18(10-12-19)24-20-13-15(2)23-22(26-20)27(3)4/h6-8,13-14,18-19H,5,9-12H2,1-4H3,(H,25,28)(H,23,24,26)/t18-,19+. The molecule has 150 valence electrons. The van der Waals surface area contributed by atoms with E-state index in [4.69, 9.17) is 0 Å². The summed E-state index contributed by atoms with van der Waals surface area (Å²) in [6.07, 6.45) is 4.92. The van der Waals surface area contributed by atoms with E-state index in [0.29, 0.717) is 6.04 Å². The van der Waals surface area contributed by atoms with Gasteiger partial charge in [0, 0.05) is 43.5 Å². The summed E-state index contributed by atoms with van der Waals surface area (Å²) in [4.78, 5) is 23.5. The van der Waals surface area contributed by atoms with Crippen LogP contribution in [0.15, 0.2) is 30.3 Å². The molecule has 0 bridgehead atoms. The molecule has 6 heteroatoms. The molecule has 1 aliphatic carbocycles. The highest BCUT2D eigenvalue weighted by Crippen LogP contribution is 2.23. The number of nitrogens with one attached hydrogen (secondary N) is 2. The number of rotatable bonds is 6. The Kier molecular flexibility index (Phi) is 6.49. The highest BCUT2D eigenvalue weighted by Gasteiger charge is 2.23. The van der Waals surface area contributed by atoms with Crippen molar-refractivity contribution in [2.45, 2.75) is 58.0 Å². The first-order valence-corrected chi connectivity index (χ1v) is 10.1. The zero-order valence-corrected chi connectivity index (χ0v) is 17.3. The minimum Gasteiger partial charge on any atom is -0.367 e. The van der Waals surface area contributed by atoms with Gasteiger partial charge in [0.15, 0.2) is 0 Å². The summed E-state index contributed by atoms with van der Waals surface area (Å²) in [7, 11) is 3.89. The number of carbonyl (C=O) groups excluding carboxylic acids is 1. The third-order valence-corrected chi connectivity index (χ3v) is 5.25. The molecule has 1 saturated carbocycles. The molecule has 0 aliphatic heterocycles. The van der Waals surface area contributed by atoms with Crippen LogP contribution in [-0.4, -0.2) is 42.1 Å². The Morgan fingerprint density at radius 1 is 1.11 bits per heavy atom. The smallest absolute Gasteiger partial charge is 0.251 e. The topological polar surface area (TPSA) is 70.2 Å². The molecule has 1 heterocycles. The Labute approximate surface area is 167 Å². The highest BCUT2D eigenvalue weighted by atomic mass is 16.1. The SMILES string of the molecule is CCc1cccc(C(=O)N[C@H]2CC[C@@H](Nc3cc(C)nc(N(C)C)n3)CC2)c1. The molecule has 1 aliphatic rings. The molecule has 0 unspecified atom stereocenters. The van der Waals surface area contributed by atoms with E-state index in [1.165, 1.54) is 5.56 Å². The molecule has 0 spiro atoms. The van der Waals surface area contributed by atoms with Gasteiger partial charge in [0.2, 0.25) is 5.95 Å². The fourth-order valence-electron chi connectivity index (χ4n) is 3.62. The van der Waals surface area contributed by atoms with Gasteiger partial charge in [-0.05, 0) is 56.7 Å². The molecule has 1 aromatic heterocycles. The lowest BCUT2D eigenvalue weighted by Gasteiger charge is -2.30. The largest absolute Gasteiger partial charge is 0.367 e. The molecule has 2 N–H and O–H groups in total. The van der Waals surface area contributed by atoms with Crippen LogP contribution >= 0.6 is 0 Å². The van der Waals surface area contributed by atoms with E-state index in [1.54, 1.807) is 0 Å². The molecular formula is C22H31N5O. The van der Waals surface area contributed by atoms with Crippen LogP contribution in [0.25, 0.3) is 0 Å². The number of benzene rings is 1. The van der Waals surface area contributed by atoms with Crippen molar-refractivity contribution in [3.05, 3.63) is 47.2 Å². The number of nitrogens with zero attached hydrogens (tertiary/aromatic N) is 3. The summed E-state index contributed by atoms with van der Waals surface area (Å²) >= 11 is 0. The van der Waals surface area contributed by atoms with Crippen LogP contribution in [-0.2, 0) is 6.42 Å². The summed E-state index contributed by atoms with van der Waals surface area (Å²) in [5.74, 6) is 1.63. The molecule has 2 aromatic rings. The van der Waals surface area contributed by atoms with E-state index < -0.39 is 0 Å². The zero-order valence-electron chi connectivity index (χ0n) is 17.3. The van der Waals surface area contributed by atoms with E-state index in [2.05, 4.69) is 33.6 Å². The summed E-state index contributed by atoms with van der Waals surface area (Å²) in [6.45, 7) is 4.09. The number of hydrogen-bond donors (Lipinski definition) is 2. The predicted molar refractivity (Wildman–Crippen MR) is 114 cm³/mol. The first kappa shape index (κ1) is 20.1.